The van der Waals surface area contributed by atoms with Gasteiger partial charge in [-0.05, 0) is 135 Å². The smallest absolute Gasteiger partial charge is 0.462 e. The summed E-state index contributed by atoms with van der Waals surface area (Å²) in [5.74, 6) is -2.39. The Morgan fingerprint density at radius 3 is 0.796 bits per heavy atom. The zero-order valence-corrected chi connectivity index (χ0v) is 69.0. The van der Waals surface area contributed by atoms with Crippen molar-refractivity contribution in [3.05, 3.63) is 170 Å². The number of hydrogen-bond acceptors (Lipinski definition) is 15. The minimum atomic E-state index is -5.02. The molecular formula is C89H146O17P2. The lowest BCUT2D eigenvalue weighted by Crippen LogP contribution is -2.30. The van der Waals surface area contributed by atoms with Gasteiger partial charge in [-0.3, -0.25) is 37.3 Å². The second kappa shape index (κ2) is 79.5. The Bertz CT molecular complexity index is 2710. The van der Waals surface area contributed by atoms with Crippen LogP contribution in [0.25, 0.3) is 0 Å². The molecule has 0 aromatic heterocycles. The summed E-state index contributed by atoms with van der Waals surface area (Å²) in [6.07, 6.45) is 95.0. The predicted molar refractivity (Wildman–Crippen MR) is 445 cm³/mol. The number of aliphatic hydroxyl groups is 1. The summed E-state index contributed by atoms with van der Waals surface area (Å²) in [5, 5.41) is 10.7. The van der Waals surface area contributed by atoms with Gasteiger partial charge in [-0.15, -0.1) is 0 Å². The van der Waals surface area contributed by atoms with Crippen LogP contribution < -0.4 is 0 Å². The first kappa shape index (κ1) is 102. The van der Waals surface area contributed by atoms with Gasteiger partial charge < -0.3 is 33.8 Å². The lowest BCUT2D eigenvalue weighted by molar-refractivity contribution is -0.161. The molecule has 0 aromatic rings. The van der Waals surface area contributed by atoms with Gasteiger partial charge >= 0.3 is 39.5 Å². The molecule has 0 aromatic carbocycles. The topological polar surface area (TPSA) is 237 Å². The summed E-state index contributed by atoms with van der Waals surface area (Å²) in [7, 11) is -10.0. The third-order valence-corrected chi connectivity index (χ3v) is 18.6. The number of aliphatic hydroxyl groups excluding tert-OH is 1. The number of allylic oxidation sites excluding steroid dienone is 28. The molecular weight excluding hydrogens is 1400 g/mol. The molecule has 0 fully saturated rings. The number of hydrogen-bond donors (Lipinski definition) is 3. The fraction of sp³-hybridized carbons (Fsp3) is 0.640. The van der Waals surface area contributed by atoms with Gasteiger partial charge in [0.05, 0.1) is 26.4 Å². The van der Waals surface area contributed by atoms with Crippen LogP contribution in [0, 0.1) is 0 Å². The van der Waals surface area contributed by atoms with Crippen molar-refractivity contribution in [3.8, 4) is 0 Å². The van der Waals surface area contributed by atoms with Gasteiger partial charge in [-0.25, -0.2) is 9.13 Å². The van der Waals surface area contributed by atoms with E-state index in [0.717, 1.165) is 135 Å². The molecule has 0 aliphatic heterocycles. The standard InChI is InChI=1S/C89H146O17P2/c1-5-9-13-17-21-25-29-33-37-39-41-43-47-51-55-59-63-67-71-75-88(93)105-84(79-99-86(91)73-69-65-61-57-53-49-45-35-31-27-23-19-15-11-7-3)81-103-107(95,96)101-77-83(90)78-102-108(97,98)104-82-85(80-100-87(92)74-70-66-62-58-54-50-46-36-32-28-24-20-16-12-8-4)106-89(94)76-72-68-64-60-56-52-48-44-42-40-38-34-30-26-22-18-14-10-6-2/h9-10,13-14,21-23,25-27,33-35,37-38,41-45,51-52,55-56,63-64,67-68,83-85,90H,5-8,11-12,15-20,24,28-32,36,39-40,46-50,53-54,57-62,65-66,69-82H2,1-4H3,(H,95,96)(H,97,98)/b13-9-,14-10-,25-21-,26-22-,27-23-,37-33-,38-34-,43-41-,44-42-,45-35-,55-51-,56-52-,67-63-,68-64-/t83-,84-,85-/m1/s1. The maximum atomic E-state index is 13.1. The van der Waals surface area contributed by atoms with E-state index in [9.17, 15) is 43.2 Å². The van der Waals surface area contributed by atoms with Crippen molar-refractivity contribution in [2.75, 3.05) is 39.6 Å². The molecule has 0 spiro atoms. The molecule has 2 unspecified atom stereocenters. The Kier molecular flexibility index (Phi) is 75.4. The summed E-state index contributed by atoms with van der Waals surface area (Å²) >= 11 is 0. The third kappa shape index (κ3) is 78.5. The van der Waals surface area contributed by atoms with Gasteiger partial charge in [0.25, 0.3) is 0 Å². The van der Waals surface area contributed by atoms with E-state index in [1.165, 1.54) is 83.5 Å². The number of esters is 4. The monoisotopic (exact) mass is 1550 g/mol. The molecule has 0 heterocycles. The number of rotatable bonds is 76. The summed E-state index contributed by atoms with van der Waals surface area (Å²) in [4.78, 5) is 73.1. The quantitative estimate of drug-likeness (QED) is 0.0169. The highest BCUT2D eigenvalue weighted by atomic mass is 31.2. The molecule has 0 bridgehead atoms. The Balaban J connectivity index is 5.53. The highest BCUT2D eigenvalue weighted by molar-refractivity contribution is 7.47. The van der Waals surface area contributed by atoms with E-state index in [0.29, 0.717) is 38.5 Å². The number of carbonyl (C=O) groups is 4. The van der Waals surface area contributed by atoms with Gasteiger partial charge in [0.1, 0.15) is 19.3 Å². The van der Waals surface area contributed by atoms with Crippen molar-refractivity contribution in [1.29, 1.82) is 0 Å². The van der Waals surface area contributed by atoms with Gasteiger partial charge in [-0.1, -0.05) is 320 Å². The first-order valence-electron chi connectivity index (χ1n) is 41.4. The molecule has 0 radical (unpaired) electrons. The molecule has 19 heteroatoms. The molecule has 0 rings (SSSR count). The van der Waals surface area contributed by atoms with Crippen LogP contribution in [0.15, 0.2) is 170 Å². The third-order valence-electron chi connectivity index (χ3n) is 16.7. The second-order valence-electron chi connectivity index (χ2n) is 27.0. The second-order valence-corrected chi connectivity index (χ2v) is 29.9. The normalized spacial score (nSPS) is 14.7. The van der Waals surface area contributed by atoms with Crippen molar-refractivity contribution in [2.45, 2.75) is 329 Å². The summed E-state index contributed by atoms with van der Waals surface area (Å²) < 4.78 is 68.5. The van der Waals surface area contributed by atoms with Crippen LogP contribution >= 0.6 is 15.6 Å². The Labute approximate surface area is 654 Å². The van der Waals surface area contributed by atoms with E-state index in [1.54, 1.807) is 0 Å². The van der Waals surface area contributed by atoms with E-state index in [2.05, 4.69) is 161 Å². The Hall–Kier alpha value is -5.58. The minimum Gasteiger partial charge on any atom is -0.462 e. The summed E-state index contributed by atoms with van der Waals surface area (Å²) in [6.45, 7) is 4.44. The highest BCUT2D eigenvalue weighted by Crippen LogP contribution is 2.45. The molecule has 614 valence electrons. The van der Waals surface area contributed by atoms with Gasteiger partial charge in [-0.2, -0.15) is 0 Å². The molecule has 5 atom stereocenters. The molecule has 0 aliphatic rings. The van der Waals surface area contributed by atoms with Crippen LogP contribution in [0.2, 0.25) is 0 Å². The van der Waals surface area contributed by atoms with Crippen LogP contribution in [0.3, 0.4) is 0 Å². The van der Waals surface area contributed by atoms with Crippen molar-refractivity contribution in [1.82, 2.24) is 0 Å². The van der Waals surface area contributed by atoms with Crippen LogP contribution in [-0.2, 0) is 65.4 Å². The number of ether oxygens (including phenoxy) is 4. The van der Waals surface area contributed by atoms with Crippen LogP contribution in [-0.4, -0.2) is 96.7 Å². The molecule has 0 amide bonds. The SMILES string of the molecule is CC/C=C\C/C=C\C/C=C\C/C=C\C/C=C\C/C=C\CCC(=O)O[C@H](COC(=O)CCCCCCC/C=C\C/C=C\CCCCC)COP(=O)(O)OC[C@@H](O)COP(=O)(O)OC[C@@H](COC(=O)CCCCCCCCCCCCCCCCC)OC(=O)CC/C=C\C/C=C\C/C=C\C/C=C\C/C=C\C/C=C\CC. The van der Waals surface area contributed by atoms with E-state index in [4.69, 9.17) is 37.0 Å². The summed E-state index contributed by atoms with van der Waals surface area (Å²) in [5.41, 5.74) is 0. The van der Waals surface area contributed by atoms with Crippen molar-refractivity contribution < 1.29 is 80.2 Å². The zero-order valence-electron chi connectivity index (χ0n) is 67.2. The number of unbranched alkanes of at least 4 members (excludes halogenated alkanes) is 22. The van der Waals surface area contributed by atoms with Crippen molar-refractivity contribution in [2.24, 2.45) is 0 Å². The fourth-order valence-electron chi connectivity index (χ4n) is 10.5. The van der Waals surface area contributed by atoms with Crippen LogP contribution in [0.4, 0.5) is 0 Å². The molecule has 0 aliphatic carbocycles. The predicted octanol–water partition coefficient (Wildman–Crippen LogP) is 24.6. The fourth-order valence-corrected chi connectivity index (χ4v) is 12.1. The number of phosphoric acid groups is 2. The molecule has 17 nitrogen and oxygen atoms in total. The molecule has 3 N–H and O–H groups in total. The maximum absolute atomic E-state index is 13.1. The van der Waals surface area contributed by atoms with E-state index in [1.807, 2.05) is 36.5 Å². The molecule has 108 heavy (non-hydrogen) atoms. The Morgan fingerprint density at radius 2 is 0.500 bits per heavy atom. The maximum Gasteiger partial charge on any atom is 0.472 e. The lowest BCUT2D eigenvalue weighted by atomic mass is 10.0. The minimum absolute atomic E-state index is 0.0359. The molecule has 0 saturated carbocycles. The number of phosphoric ester groups is 2. The average Bonchev–Trinajstić information content (AvgIpc) is 0.907. The highest BCUT2D eigenvalue weighted by Gasteiger charge is 2.30. The van der Waals surface area contributed by atoms with E-state index < -0.39 is 97.5 Å². The van der Waals surface area contributed by atoms with Crippen molar-refractivity contribution in [3.63, 3.8) is 0 Å². The van der Waals surface area contributed by atoms with Crippen molar-refractivity contribution >= 4 is 39.5 Å². The zero-order chi connectivity index (χ0) is 78.9. The average molecular weight is 1550 g/mol. The van der Waals surface area contributed by atoms with Gasteiger partial charge in [0.2, 0.25) is 0 Å². The summed E-state index contributed by atoms with van der Waals surface area (Å²) in [6, 6.07) is 0. The van der Waals surface area contributed by atoms with Crippen LogP contribution in [0.1, 0.15) is 310 Å². The lowest BCUT2D eigenvalue weighted by Gasteiger charge is -2.21. The van der Waals surface area contributed by atoms with Gasteiger partial charge in [0, 0.05) is 25.7 Å². The van der Waals surface area contributed by atoms with Crippen LogP contribution in [0.5, 0.6) is 0 Å². The van der Waals surface area contributed by atoms with E-state index in [-0.39, 0.29) is 25.7 Å². The Morgan fingerprint density at radius 1 is 0.269 bits per heavy atom. The van der Waals surface area contributed by atoms with Gasteiger partial charge in [0.15, 0.2) is 12.2 Å². The molecule has 0 saturated heterocycles. The first-order valence-corrected chi connectivity index (χ1v) is 44.4. The van der Waals surface area contributed by atoms with E-state index >= 15 is 0 Å². The largest absolute Gasteiger partial charge is 0.472 e. The number of carbonyl (C=O) groups excluding carboxylic acids is 4. The first-order chi connectivity index (χ1) is 52.7.